The second kappa shape index (κ2) is 30.5. The number of hydrogen-bond donors (Lipinski definition) is 0. The lowest BCUT2D eigenvalue weighted by molar-refractivity contribution is 0.568. The van der Waals surface area contributed by atoms with Crippen LogP contribution >= 0.6 is 0 Å². The summed E-state index contributed by atoms with van der Waals surface area (Å²) in [4.78, 5) is 5.27. The molecular formula is C124H135BN4. The summed E-state index contributed by atoms with van der Waals surface area (Å²) >= 11 is 0. The van der Waals surface area contributed by atoms with E-state index in [0.29, 0.717) is 5.69 Å². The van der Waals surface area contributed by atoms with E-state index in [2.05, 4.69) is 440 Å². The van der Waals surface area contributed by atoms with E-state index in [-0.39, 0.29) is 82.6 Å². The van der Waals surface area contributed by atoms with E-state index >= 15 is 0 Å². The molecule has 18 rings (SSSR count). The molecule has 0 radical (unpaired) electrons. The predicted molar refractivity (Wildman–Crippen MR) is 563 cm³/mol. The van der Waals surface area contributed by atoms with Crippen LogP contribution in [-0.2, 0) is 54.1 Å². The highest BCUT2D eigenvalue weighted by Crippen LogP contribution is 2.58. The van der Waals surface area contributed by atoms with E-state index in [9.17, 15) is 11.0 Å². The molecule has 0 amide bonds. The molecule has 4 heterocycles. The van der Waals surface area contributed by atoms with Gasteiger partial charge in [0.1, 0.15) is 0 Å². The third-order valence-electron chi connectivity index (χ3n) is 27.7. The van der Waals surface area contributed by atoms with Crippen LogP contribution in [0, 0.1) is 0 Å². The summed E-state index contributed by atoms with van der Waals surface area (Å²) < 4.78 is 82.4. The van der Waals surface area contributed by atoms with Crippen molar-refractivity contribution in [2.24, 2.45) is 0 Å². The van der Waals surface area contributed by atoms with Crippen LogP contribution in [0.25, 0.3) is 111 Å². The maximum atomic E-state index is 10.2. The van der Waals surface area contributed by atoms with Crippen molar-refractivity contribution in [1.82, 2.24) is 9.13 Å². The number of benzene rings is 14. The largest absolute Gasteiger partial charge is 0.310 e. The Bertz CT molecular complexity index is 7480. The number of nitrogens with zero attached hydrogens (tertiary/aromatic N) is 4. The van der Waals surface area contributed by atoms with Crippen molar-refractivity contribution in [2.45, 2.75) is 262 Å². The first-order chi connectivity index (χ1) is 63.6. The zero-order valence-electron chi connectivity index (χ0n) is 90.2. The molecule has 0 aliphatic carbocycles. The fourth-order valence-corrected chi connectivity index (χ4v) is 20.2. The van der Waals surface area contributed by atoms with Gasteiger partial charge in [0.15, 0.2) is 0 Å². The number of anilines is 6. The van der Waals surface area contributed by atoms with Gasteiger partial charge < -0.3 is 18.9 Å². The van der Waals surface area contributed by atoms with Gasteiger partial charge in [-0.3, -0.25) is 0 Å². The summed E-state index contributed by atoms with van der Waals surface area (Å²) in [7, 11) is 0. The van der Waals surface area contributed by atoms with Crippen molar-refractivity contribution < 1.29 is 11.0 Å². The second-order valence-electron chi connectivity index (χ2n) is 47.4. The van der Waals surface area contributed by atoms with Crippen LogP contribution in [0.3, 0.4) is 0 Å². The van der Waals surface area contributed by atoms with Crippen LogP contribution < -0.4 is 26.2 Å². The Kier molecular flexibility index (Phi) is 18.5. The van der Waals surface area contributed by atoms with Crippen LogP contribution in [0.5, 0.6) is 0 Å². The number of hydrogen-bond acceptors (Lipinski definition) is 2. The van der Waals surface area contributed by atoms with Crippen molar-refractivity contribution in [3.63, 3.8) is 0 Å². The SMILES string of the molecule is [2H]c1c([2H])c([2H])c2c(c1[2H])c1c([2H])c([2H])c([2H])c([2H])c1n2-c1ccc2c(c1)N(c1c(-c3ccc(C(C)(C)C)cc3)cccc1-c1ccc(C(C)(C)C)cc1C(C)(C)C)c1cc(-n3c4ccc(C(C)(C)C)cc4c4cc(C(C)(C)C)ccc43)cc3c1B2c1ccc(-c2cc(C(C)(C)C)cc(C(C)(C)C)c2)cc1N3c1c(-c2ccc(C(C)(C)C)cc2)cccc1-c1c(C(C)(C)C)cccc1C(C)(C)C. The molecule has 0 spiro atoms. The molecule has 129 heavy (non-hydrogen) atoms. The summed E-state index contributed by atoms with van der Waals surface area (Å²) in [6.07, 6.45) is 0. The van der Waals surface area contributed by atoms with E-state index in [4.69, 9.17) is 0 Å². The minimum atomic E-state index is -0.596. The molecule has 0 bridgehead atoms. The summed E-state index contributed by atoms with van der Waals surface area (Å²) in [5, 5.41) is 2.28. The average Bonchev–Trinajstić information content (AvgIpc) is 1.60. The molecule has 0 unspecified atom stereocenters. The average molecular weight is 1700 g/mol. The third kappa shape index (κ3) is 15.5. The number of rotatable bonds is 9. The molecule has 5 heteroatoms. The molecule has 0 saturated heterocycles. The fraction of sp³-hybridized carbons (Fsp3) is 0.323. The molecule has 654 valence electrons. The van der Waals surface area contributed by atoms with Crippen LogP contribution in [-0.4, -0.2) is 15.8 Å². The number of para-hydroxylation sites is 4. The lowest BCUT2D eigenvalue weighted by atomic mass is 9.33. The number of fused-ring (bicyclic) bond motifs is 10. The van der Waals surface area contributed by atoms with Crippen molar-refractivity contribution in [3.8, 4) is 67.0 Å². The zero-order chi connectivity index (χ0) is 99.2. The van der Waals surface area contributed by atoms with Gasteiger partial charge in [-0.1, -0.05) is 414 Å². The molecule has 0 N–H and O–H groups in total. The first-order valence-electron chi connectivity index (χ1n) is 50.8. The molecule has 14 aromatic carbocycles. The van der Waals surface area contributed by atoms with Crippen molar-refractivity contribution in [1.29, 1.82) is 0 Å². The Labute approximate surface area is 783 Å². The quantitative estimate of drug-likeness (QED) is 0.134. The Morgan fingerprint density at radius 1 is 0.233 bits per heavy atom. The Hall–Kier alpha value is -11.7. The lowest BCUT2D eigenvalue weighted by Gasteiger charge is -2.46. The van der Waals surface area contributed by atoms with Gasteiger partial charge in [0, 0.05) is 72.2 Å². The summed E-state index contributed by atoms with van der Waals surface area (Å²) in [6.45, 7) is 68.9. The molecule has 16 aromatic rings. The minimum Gasteiger partial charge on any atom is -0.310 e. The van der Waals surface area contributed by atoms with E-state index in [1.165, 1.54) is 55.6 Å². The standard InChI is InChI=1S/C124H135BN4/c1-115(2,3)80-53-48-76(49-54-80)89-40-35-42-94(91-61-57-84(119(13,14)15)72-100(91)124(28,29)30)113(89)129-108-73-87(126-103-46-33-31-38-92(103)93-39-32-34-47-104(93)126)60-63-102(108)125-101-62-52-78(79-66-85(120(16,17)18)69-86(67-79)121(19,20)21)68-107(101)128(109-74-88(75-110(129)112(109)125)127-105-64-58-82(117(7,8)9)70-96(105)97-71-83(118(10,11)12)59-65-106(97)127)114-90(77-50-55-81(56-51-77)116(4,5)6)41-36-43-95(114)111-98(122(22,23)24)44-37-45-99(111)123(25,26)27/h31-75H,1-30H3/i31D,32D,33D,34D,38D,39D,46D,47D. The smallest absolute Gasteiger partial charge is 0.252 e. The van der Waals surface area contributed by atoms with Crippen LogP contribution in [0.1, 0.15) is 274 Å². The Morgan fingerprint density at radius 3 is 1.05 bits per heavy atom. The van der Waals surface area contributed by atoms with Crippen molar-refractivity contribution in [3.05, 3.63) is 328 Å². The fourth-order valence-electron chi connectivity index (χ4n) is 20.2. The molecule has 2 aliphatic rings. The Balaban J connectivity index is 1.13. The maximum absolute atomic E-state index is 10.2. The maximum Gasteiger partial charge on any atom is 0.252 e. The molecule has 0 saturated carbocycles. The van der Waals surface area contributed by atoms with Crippen LogP contribution in [0.2, 0.25) is 0 Å². The van der Waals surface area contributed by atoms with Gasteiger partial charge in [0.25, 0.3) is 6.71 Å². The predicted octanol–water partition coefficient (Wildman–Crippen LogP) is 33.3. The molecule has 2 aromatic heterocycles. The second-order valence-corrected chi connectivity index (χ2v) is 47.4. The van der Waals surface area contributed by atoms with E-state index in [0.717, 1.165) is 134 Å². The van der Waals surface area contributed by atoms with Crippen molar-refractivity contribution in [2.75, 3.05) is 9.80 Å². The summed E-state index contributed by atoms with van der Waals surface area (Å²) in [6, 6.07) is 83.4. The van der Waals surface area contributed by atoms with Gasteiger partial charge in [-0.05, 0) is 226 Å². The van der Waals surface area contributed by atoms with E-state index in [1.54, 1.807) is 4.57 Å². The summed E-state index contributed by atoms with van der Waals surface area (Å²) in [5.74, 6) is 0. The van der Waals surface area contributed by atoms with Gasteiger partial charge >= 0.3 is 0 Å². The molecule has 4 nitrogen and oxygen atoms in total. The third-order valence-corrected chi connectivity index (χ3v) is 27.7. The monoisotopic (exact) mass is 1700 g/mol. The van der Waals surface area contributed by atoms with Crippen molar-refractivity contribution >= 4 is 101 Å². The van der Waals surface area contributed by atoms with Crippen LogP contribution in [0.15, 0.2) is 273 Å². The van der Waals surface area contributed by atoms with E-state index < -0.39 is 48.4 Å². The molecular weight excluding hydrogens is 1560 g/mol. The highest BCUT2D eigenvalue weighted by molar-refractivity contribution is 7.00. The first-order valence-corrected chi connectivity index (χ1v) is 46.8. The topological polar surface area (TPSA) is 16.3 Å². The highest BCUT2D eigenvalue weighted by Gasteiger charge is 2.47. The minimum absolute atomic E-state index is 0.00618. The van der Waals surface area contributed by atoms with Crippen LogP contribution in [0.4, 0.5) is 34.1 Å². The summed E-state index contributed by atoms with van der Waals surface area (Å²) in [5.41, 5.74) is 31.9. The van der Waals surface area contributed by atoms with Gasteiger partial charge in [-0.2, -0.15) is 0 Å². The molecule has 2 aliphatic heterocycles. The van der Waals surface area contributed by atoms with E-state index in [1.807, 2.05) is 6.07 Å². The van der Waals surface area contributed by atoms with Gasteiger partial charge in [-0.15, -0.1) is 0 Å². The zero-order valence-corrected chi connectivity index (χ0v) is 82.2. The van der Waals surface area contributed by atoms with Gasteiger partial charge in [-0.25, -0.2) is 0 Å². The van der Waals surface area contributed by atoms with Gasteiger partial charge in [0.05, 0.1) is 50.1 Å². The lowest BCUT2D eigenvalue weighted by Crippen LogP contribution is -2.61. The molecule has 0 fully saturated rings. The molecule has 0 atom stereocenters. The highest BCUT2D eigenvalue weighted by atomic mass is 15.2. The Morgan fingerprint density at radius 2 is 0.597 bits per heavy atom. The first kappa shape index (κ1) is 78.4. The van der Waals surface area contributed by atoms with Gasteiger partial charge in [0.2, 0.25) is 0 Å². The number of aromatic nitrogens is 2. The normalized spacial score (nSPS) is 14.6.